The van der Waals surface area contributed by atoms with E-state index in [2.05, 4.69) is 25.0 Å². The number of hydrogen-bond donors (Lipinski definition) is 1. The maximum absolute atomic E-state index is 5.67. The zero-order valence-corrected chi connectivity index (χ0v) is 15.1. The number of nitrogens with one attached hydrogen (secondary N) is 1. The molecule has 0 saturated carbocycles. The van der Waals surface area contributed by atoms with Gasteiger partial charge in [-0.15, -0.1) is 0 Å². The average Bonchev–Trinajstić information content (AvgIpc) is 2.42. The molecule has 0 unspecified atom stereocenters. The van der Waals surface area contributed by atoms with E-state index in [0.717, 1.165) is 13.2 Å². The summed E-state index contributed by atoms with van der Waals surface area (Å²) in [6.07, 6.45) is 0. The quantitative estimate of drug-likeness (QED) is 0.339. The number of ether oxygens (including phenoxy) is 4. The summed E-state index contributed by atoms with van der Waals surface area (Å²) in [7, 11) is 0.499. The van der Waals surface area contributed by atoms with Gasteiger partial charge in [-0.2, -0.15) is 0 Å². The maximum Gasteiger partial charge on any atom is 0.183 e. The molecule has 6 nitrogen and oxygen atoms in total. The summed E-state index contributed by atoms with van der Waals surface area (Å²) in [5.41, 5.74) is 0. The molecule has 0 spiro atoms. The van der Waals surface area contributed by atoms with E-state index >= 15 is 0 Å². The highest BCUT2D eigenvalue weighted by Crippen LogP contribution is 2.01. The Morgan fingerprint density at radius 1 is 0.619 bits per heavy atom. The summed E-state index contributed by atoms with van der Waals surface area (Å²) >= 11 is 0. The van der Waals surface area contributed by atoms with Crippen molar-refractivity contribution in [3.8, 4) is 0 Å². The van der Waals surface area contributed by atoms with Gasteiger partial charge in [0.1, 0.15) is 0 Å². The zero-order valence-electron chi connectivity index (χ0n) is 14.1. The van der Waals surface area contributed by atoms with Crippen LogP contribution >= 0.6 is 0 Å². The van der Waals surface area contributed by atoms with Gasteiger partial charge in [0.25, 0.3) is 0 Å². The highest BCUT2D eigenvalue weighted by Gasteiger charge is 2.12. The first-order valence-electron chi connectivity index (χ1n) is 7.66. The Hall–Kier alpha value is -0.0231. The lowest BCUT2D eigenvalue weighted by Gasteiger charge is -2.16. The molecule has 0 fully saturated rings. The van der Waals surface area contributed by atoms with Crippen molar-refractivity contribution in [2.75, 3.05) is 73.1 Å². The molecule has 0 heterocycles. The van der Waals surface area contributed by atoms with E-state index in [1.807, 2.05) is 7.05 Å². The smallest absolute Gasteiger partial charge is 0.183 e. The minimum absolute atomic E-state index is 0.589. The Balaban J connectivity index is 3.00. The lowest BCUT2D eigenvalue weighted by Crippen LogP contribution is -2.27. The van der Waals surface area contributed by atoms with Gasteiger partial charge in [-0.1, -0.05) is 0 Å². The predicted octanol–water partition coefficient (Wildman–Crippen LogP) is 1.12. The molecule has 7 heteroatoms. The fourth-order valence-electron chi connectivity index (χ4n) is 1.34. The molecule has 128 valence electrons. The second-order valence-corrected chi connectivity index (χ2v) is 10.0. The Kier molecular flexibility index (Phi) is 14.9. The summed E-state index contributed by atoms with van der Waals surface area (Å²) in [6, 6.07) is 0. The summed E-state index contributed by atoms with van der Waals surface area (Å²) in [5, 5.41) is 3.01. The number of likely N-dealkylation sites (N-methyl/N-ethyl adjacent to an activating group) is 1. The second kappa shape index (κ2) is 14.9. The van der Waals surface area contributed by atoms with Gasteiger partial charge >= 0.3 is 0 Å². The van der Waals surface area contributed by atoms with Crippen molar-refractivity contribution >= 4 is 8.32 Å². The molecule has 0 aliphatic heterocycles. The van der Waals surface area contributed by atoms with E-state index in [-0.39, 0.29) is 0 Å². The third-order valence-corrected chi connectivity index (χ3v) is 3.45. The van der Waals surface area contributed by atoms with Crippen LogP contribution in [0.1, 0.15) is 0 Å². The molecule has 0 aliphatic rings. The predicted molar refractivity (Wildman–Crippen MR) is 86.5 cm³/mol. The maximum atomic E-state index is 5.67. The van der Waals surface area contributed by atoms with Crippen molar-refractivity contribution < 1.29 is 23.4 Å². The molecule has 0 aromatic carbocycles. The highest BCUT2D eigenvalue weighted by atomic mass is 28.4. The van der Waals surface area contributed by atoms with Crippen LogP contribution in [-0.4, -0.2) is 81.4 Å². The monoisotopic (exact) mass is 323 g/mol. The van der Waals surface area contributed by atoms with Crippen LogP contribution in [0.2, 0.25) is 19.6 Å². The first-order valence-corrected chi connectivity index (χ1v) is 11.1. The fourth-order valence-corrected chi connectivity index (χ4v) is 2.04. The summed E-state index contributed by atoms with van der Waals surface area (Å²) in [4.78, 5) is 0. The molecule has 0 radical (unpaired) electrons. The summed E-state index contributed by atoms with van der Waals surface area (Å²) < 4.78 is 27.2. The van der Waals surface area contributed by atoms with Gasteiger partial charge in [0.2, 0.25) is 0 Å². The van der Waals surface area contributed by atoms with Gasteiger partial charge in [0, 0.05) is 6.54 Å². The first-order chi connectivity index (χ1) is 10.1. The van der Waals surface area contributed by atoms with Crippen molar-refractivity contribution in [3.63, 3.8) is 0 Å². The van der Waals surface area contributed by atoms with Crippen LogP contribution in [-0.2, 0) is 23.4 Å². The average molecular weight is 324 g/mol. The molecule has 0 aromatic heterocycles. The van der Waals surface area contributed by atoms with Gasteiger partial charge in [-0.3, -0.25) is 0 Å². The topological polar surface area (TPSA) is 58.2 Å². The third kappa shape index (κ3) is 20.0. The Morgan fingerprint density at radius 3 is 1.38 bits per heavy atom. The van der Waals surface area contributed by atoms with E-state index in [1.165, 1.54) is 0 Å². The molecule has 0 rings (SSSR count). The van der Waals surface area contributed by atoms with Crippen LogP contribution in [0, 0.1) is 0 Å². The lowest BCUT2D eigenvalue weighted by atomic mass is 10.6. The SMILES string of the molecule is CNCCOCCOCCOCCOCCO[Si](C)(C)C. The molecule has 1 N–H and O–H groups in total. The van der Waals surface area contributed by atoms with Gasteiger partial charge in [0.05, 0.1) is 59.5 Å². The van der Waals surface area contributed by atoms with Gasteiger partial charge in [0.15, 0.2) is 8.32 Å². The molecular weight excluding hydrogens is 290 g/mol. The first kappa shape index (κ1) is 21.0. The molecule has 0 aliphatic carbocycles. The Morgan fingerprint density at radius 2 is 1.00 bits per heavy atom. The normalized spacial score (nSPS) is 12.0. The van der Waals surface area contributed by atoms with E-state index < -0.39 is 8.32 Å². The van der Waals surface area contributed by atoms with Crippen LogP contribution in [0.5, 0.6) is 0 Å². The summed E-state index contributed by atoms with van der Waals surface area (Å²) in [6.45, 7) is 13.0. The largest absolute Gasteiger partial charge is 0.415 e. The molecule has 0 saturated heterocycles. The summed E-state index contributed by atoms with van der Waals surface area (Å²) in [5.74, 6) is 0. The minimum Gasteiger partial charge on any atom is -0.415 e. The van der Waals surface area contributed by atoms with E-state index in [9.17, 15) is 0 Å². The van der Waals surface area contributed by atoms with Crippen molar-refractivity contribution in [3.05, 3.63) is 0 Å². The highest BCUT2D eigenvalue weighted by molar-refractivity contribution is 6.69. The molecular formula is C14H33NO5Si. The molecule has 0 bridgehead atoms. The van der Waals surface area contributed by atoms with Crippen LogP contribution in [0.4, 0.5) is 0 Å². The van der Waals surface area contributed by atoms with Crippen LogP contribution in [0.15, 0.2) is 0 Å². The van der Waals surface area contributed by atoms with Crippen molar-refractivity contribution in [1.29, 1.82) is 0 Å². The van der Waals surface area contributed by atoms with Gasteiger partial charge < -0.3 is 28.7 Å². The van der Waals surface area contributed by atoms with Crippen molar-refractivity contribution in [2.24, 2.45) is 0 Å². The zero-order chi connectivity index (χ0) is 15.8. The van der Waals surface area contributed by atoms with Crippen molar-refractivity contribution in [1.82, 2.24) is 5.32 Å². The molecule has 21 heavy (non-hydrogen) atoms. The Labute approximate surface area is 130 Å². The Bertz CT molecular complexity index is 214. The number of rotatable bonds is 16. The van der Waals surface area contributed by atoms with Crippen molar-refractivity contribution in [2.45, 2.75) is 19.6 Å². The van der Waals surface area contributed by atoms with Gasteiger partial charge in [-0.25, -0.2) is 0 Å². The van der Waals surface area contributed by atoms with Gasteiger partial charge in [-0.05, 0) is 26.7 Å². The van der Waals surface area contributed by atoms with Crippen LogP contribution in [0.25, 0.3) is 0 Å². The molecule has 0 amide bonds. The fraction of sp³-hybridized carbons (Fsp3) is 1.00. The minimum atomic E-state index is -1.40. The third-order valence-electron chi connectivity index (χ3n) is 2.38. The molecule has 0 aromatic rings. The second-order valence-electron chi connectivity index (χ2n) is 5.51. The number of hydrogen-bond acceptors (Lipinski definition) is 6. The van der Waals surface area contributed by atoms with E-state index in [4.69, 9.17) is 23.4 Å². The lowest BCUT2D eigenvalue weighted by molar-refractivity contribution is -0.00443. The van der Waals surface area contributed by atoms with E-state index in [1.54, 1.807) is 0 Å². The molecule has 0 atom stereocenters. The standard InChI is InChI=1S/C14H33NO5Si/c1-15-5-6-16-7-8-17-9-10-18-11-12-19-13-14-20-21(2,3)4/h15H,5-14H2,1-4H3. The van der Waals surface area contributed by atoms with Crippen LogP contribution in [0.3, 0.4) is 0 Å². The van der Waals surface area contributed by atoms with Crippen LogP contribution < -0.4 is 5.32 Å². The van der Waals surface area contributed by atoms with E-state index in [0.29, 0.717) is 52.9 Å².